The van der Waals surface area contributed by atoms with Crippen molar-refractivity contribution in [1.82, 2.24) is 19.9 Å². The molecule has 12 nitrogen and oxygen atoms in total. The Morgan fingerprint density at radius 1 is 0.475 bits per heavy atom. The smallest absolute Gasteiger partial charge is 0.337 e. The number of hydrogen-bond acceptors (Lipinski definition) is 6. The molecule has 0 aliphatic carbocycles. The number of benzene rings is 4. The summed E-state index contributed by atoms with van der Waals surface area (Å²) in [4.78, 5) is 59.6. The van der Waals surface area contributed by atoms with Gasteiger partial charge in [0.25, 0.3) is 0 Å². The summed E-state index contributed by atoms with van der Waals surface area (Å²) in [5.74, 6) is -6.98. The van der Waals surface area contributed by atoms with Crippen molar-refractivity contribution in [1.29, 1.82) is 0 Å². The van der Waals surface area contributed by atoms with Crippen LogP contribution in [0.3, 0.4) is 0 Å². The topological polar surface area (TPSA) is 207 Å². The molecule has 2 aromatic heterocycles. The van der Waals surface area contributed by atoms with Crippen LogP contribution in [0, 0.1) is 0 Å². The number of H-pyrrole nitrogens is 2. The second kappa shape index (κ2) is 11.6. The van der Waals surface area contributed by atoms with E-state index in [4.69, 9.17) is 0 Å². The number of fused-ring (bicyclic) bond motifs is 3. The maximum atomic E-state index is 11.4. The standard InChI is InChI=1S/C14H8O8.2C7H6N2/c15-11(16)7-5-3-1-2-4-6(5)8(12(17)18)10(14(21)22)9(7)13(19)20;2*1-2-4-7-6(3-1)8-5-9-7/h1-4H,(H,15,16)(H,17,18)(H,19,20)(H,21,22);2*1-5H,(H,8,9). The summed E-state index contributed by atoms with van der Waals surface area (Å²) in [6.45, 7) is 0. The average molecular weight is 540 g/mol. The molecule has 12 heteroatoms. The summed E-state index contributed by atoms with van der Waals surface area (Å²) in [7, 11) is 0. The van der Waals surface area contributed by atoms with Crippen molar-refractivity contribution in [2.24, 2.45) is 0 Å². The molecular formula is C28H20N4O8. The van der Waals surface area contributed by atoms with Gasteiger partial charge < -0.3 is 30.4 Å². The molecule has 0 unspecified atom stereocenters. The van der Waals surface area contributed by atoms with Crippen LogP contribution < -0.4 is 0 Å². The molecule has 0 saturated heterocycles. The number of imidazole rings is 2. The van der Waals surface area contributed by atoms with Crippen molar-refractivity contribution in [3.05, 3.63) is 108 Å². The minimum Gasteiger partial charge on any atom is -0.478 e. The van der Waals surface area contributed by atoms with Gasteiger partial charge >= 0.3 is 23.9 Å². The van der Waals surface area contributed by atoms with E-state index in [1.165, 1.54) is 24.3 Å². The van der Waals surface area contributed by atoms with E-state index in [0.29, 0.717) is 0 Å². The Bertz CT molecular complexity index is 1690. The molecule has 4 aromatic carbocycles. The Morgan fingerprint density at radius 2 is 0.800 bits per heavy atom. The molecule has 0 aliphatic rings. The first kappa shape index (κ1) is 27.0. The summed E-state index contributed by atoms with van der Waals surface area (Å²) in [5, 5.41) is 36.6. The number of aromatic amines is 2. The fraction of sp³-hybridized carbons (Fsp3) is 0. The van der Waals surface area contributed by atoms with Gasteiger partial charge in [0, 0.05) is 0 Å². The van der Waals surface area contributed by atoms with Gasteiger partial charge in [0.05, 0.1) is 57.0 Å². The van der Waals surface area contributed by atoms with E-state index in [2.05, 4.69) is 19.9 Å². The second-order valence-corrected chi connectivity index (χ2v) is 8.11. The molecule has 0 radical (unpaired) electrons. The molecule has 0 aliphatic heterocycles. The average Bonchev–Trinajstić information content (AvgIpc) is 3.61. The number of carbonyl (C=O) groups is 4. The lowest BCUT2D eigenvalue weighted by Crippen LogP contribution is -2.20. The first-order valence-electron chi connectivity index (χ1n) is 11.5. The first-order valence-corrected chi connectivity index (χ1v) is 11.5. The molecule has 6 N–H and O–H groups in total. The lowest BCUT2D eigenvalue weighted by atomic mass is 9.88. The fourth-order valence-electron chi connectivity index (χ4n) is 4.07. The molecule has 0 fully saturated rings. The Labute approximate surface area is 224 Å². The van der Waals surface area contributed by atoms with Crippen molar-refractivity contribution in [2.45, 2.75) is 0 Å². The minimum absolute atomic E-state index is 0.158. The maximum Gasteiger partial charge on any atom is 0.337 e. The maximum absolute atomic E-state index is 11.4. The predicted octanol–water partition coefficient (Wildman–Crippen LogP) is 4.76. The van der Waals surface area contributed by atoms with Gasteiger partial charge in [0.1, 0.15) is 0 Å². The fourth-order valence-corrected chi connectivity index (χ4v) is 4.07. The van der Waals surface area contributed by atoms with E-state index in [0.717, 1.165) is 22.1 Å². The van der Waals surface area contributed by atoms with Crippen LogP contribution in [0.4, 0.5) is 0 Å². The molecular weight excluding hydrogens is 520 g/mol. The van der Waals surface area contributed by atoms with Crippen molar-refractivity contribution < 1.29 is 39.6 Å². The van der Waals surface area contributed by atoms with Crippen molar-refractivity contribution >= 4 is 56.7 Å². The third kappa shape index (κ3) is 5.45. The van der Waals surface area contributed by atoms with Gasteiger partial charge in [-0.2, -0.15) is 0 Å². The molecule has 6 aromatic rings. The Kier molecular flexibility index (Phi) is 7.81. The molecule has 40 heavy (non-hydrogen) atoms. The summed E-state index contributed by atoms with van der Waals surface area (Å²) in [6, 6.07) is 21.1. The van der Waals surface area contributed by atoms with Crippen LogP contribution in [0.5, 0.6) is 0 Å². The quantitative estimate of drug-likeness (QED) is 0.181. The Balaban J connectivity index is 0.000000165. The van der Waals surface area contributed by atoms with Crippen LogP contribution >= 0.6 is 0 Å². The van der Waals surface area contributed by atoms with Crippen molar-refractivity contribution in [2.75, 3.05) is 0 Å². The highest BCUT2D eigenvalue weighted by Crippen LogP contribution is 2.31. The SMILES string of the molecule is O=C(O)c1c(C(=O)O)c(C(=O)O)c2ccccc2c1C(=O)O.c1ccc2[nH]cnc2c1.c1ccc2[nH]cnc2c1. The number of nitrogens with one attached hydrogen (secondary N) is 2. The Morgan fingerprint density at radius 3 is 1.12 bits per heavy atom. The van der Waals surface area contributed by atoms with Crippen molar-refractivity contribution in [3.63, 3.8) is 0 Å². The monoisotopic (exact) mass is 540 g/mol. The molecule has 6 rings (SSSR count). The number of aromatic nitrogens is 4. The summed E-state index contributed by atoms with van der Waals surface area (Å²) in [6.07, 6.45) is 3.40. The third-order valence-corrected chi connectivity index (χ3v) is 5.73. The van der Waals surface area contributed by atoms with Gasteiger partial charge in [-0.3, -0.25) is 0 Å². The zero-order valence-electron chi connectivity index (χ0n) is 20.4. The number of aromatic carboxylic acids is 4. The summed E-state index contributed by atoms with van der Waals surface area (Å²) < 4.78 is 0. The van der Waals surface area contributed by atoms with Gasteiger partial charge in [0.2, 0.25) is 0 Å². The highest BCUT2D eigenvalue weighted by atomic mass is 16.4. The van der Waals surface area contributed by atoms with Crippen LogP contribution in [-0.2, 0) is 0 Å². The Hall–Kier alpha value is -6.04. The molecule has 0 spiro atoms. The van der Waals surface area contributed by atoms with E-state index in [9.17, 15) is 39.6 Å². The summed E-state index contributed by atoms with van der Waals surface area (Å²) >= 11 is 0. The van der Waals surface area contributed by atoms with Crippen LogP contribution in [-0.4, -0.2) is 64.2 Å². The minimum atomic E-state index is -1.83. The van der Waals surface area contributed by atoms with Gasteiger partial charge in [-0.05, 0) is 35.0 Å². The highest BCUT2D eigenvalue weighted by Gasteiger charge is 2.33. The zero-order chi connectivity index (χ0) is 28.8. The second-order valence-electron chi connectivity index (χ2n) is 8.11. The van der Waals surface area contributed by atoms with E-state index in [1.807, 2.05) is 48.5 Å². The number of carboxylic acids is 4. The van der Waals surface area contributed by atoms with Crippen molar-refractivity contribution in [3.8, 4) is 0 Å². The molecule has 200 valence electrons. The van der Waals surface area contributed by atoms with Gasteiger partial charge in [0.15, 0.2) is 0 Å². The number of carboxylic acid groups (broad SMARTS) is 4. The van der Waals surface area contributed by atoms with E-state index >= 15 is 0 Å². The normalized spacial score (nSPS) is 10.3. The largest absolute Gasteiger partial charge is 0.478 e. The lowest BCUT2D eigenvalue weighted by Gasteiger charge is -2.14. The van der Waals surface area contributed by atoms with E-state index in [-0.39, 0.29) is 10.8 Å². The number of rotatable bonds is 4. The lowest BCUT2D eigenvalue weighted by molar-refractivity contribution is 0.0621. The van der Waals surface area contributed by atoms with Crippen LogP contribution in [0.2, 0.25) is 0 Å². The third-order valence-electron chi connectivity index (χ3n) is 5.73. The molecule has 0 bridgehead atoms. The van der Waals surface area contributed by atoms with Crippen LogP contribution in [0.1, 0.15) is 41.4 Å². The van der Waals surface area contributed by atoms with E-state index in [1.54, 1.807) is 12.7 Å². The molecule has 0 atom stereocenters. The van der Waals surface area contributed by atoms with Crippen LogP contribution in [0.15, 0.2) is 85.5 Å². The number of para-hydroxylation sites is 4. The van der Waals surface area contributed by atoms with Gasteiger partial charge in [-0.25, -0.2) is 29.1 Å². The highest BCUT2D eigenvalue weighted by molar-refractivity contribution is 6.23. The van der Waals surface area contributed by atoms with E-state index < -0.39 is 46.1 Å². The number of hydrogen-bond donors (Lipinski definition) is 6. The van der Waals surface area contributed by atoms with Gasteiger partial charge in [-0.1, -0.05) is 48.5 Å². The summed E-state index contributed by atoms with van der Waals surface area (Å²) in [5.41, 5.74) is 0.605. The molecule has 0 amide bonds. The van der Waals surface area contributed by atoms with Gasteiger partial charge in [-0.15, -0.1) is 0 Å². The molecule has 0 saturated carbocycles. The predicted molar refractivity (Wildman–Crippen MR) is 144 cm³/mol. The number of nitrogens with zero attached hydrogens (tertiary/aromatic N) is 2. The van der Waals surface area contributed by atoms with Crippen LogP contribution in [0.25, 0.3) is 32.8 Å². The first-order chi connectivity index (χ1) is 19.2. The zero-order valence-corrected chi connectivity index (χ0v) is 20.4. The molecule has 2 heterocycles.